The number of hydrogen-bond acceptors (Lipinski definition) is 2. The molecule has 0 radical (unpaired) electrons. The zero-order valence-corrected chi connectivity index (χ0v) is 6.68. The van der Waals surface area contributed by atoms with Gasteiger partial charge in [-0.1, -0.05) is 31.5 Å². The van der Waals surface area contributed by atoms with Crippen molar-refractivity contribution >= 4 is 17.6 Å². The molecule has 1 aliphatic rings. The molecular weight excluding hydrogens is 152 g/mol. The summed E-state index contributed by atoms with van der Waals surface area (Å²) < 4.78 is 4.74. The van der Waals surface area contributed by atoms with Crippen molar-refractivity contribution < 1.29 is 9.53 Å². The number of carbonyl (C=O) groups is 1. The predicted molar refractivity (Wildman–Crippen MR) is 38.7 cm³/mol. The SMILES string of the molecule is CC1(C)C=CC(=O)OC1Cl. The highest BCUT2D eigenvalue weighted by molar-refractivity contribution is 6.21. The fourth-order valence-electron chi connectivity index (χ4n) is 0.652. The molecule has 1 heterocycles. The minimum atomic E-state index is -0.537. The van der Waals surface area contributed by atoms with E-state index >= 15 is 0 Å². The standard InChI is InChI=1S/C7H9ClO2/c1-7(2)4-3-5(9)10-6(7)8/h3-4,6H,1-2H3. The predicted octanol–water partition coefficient (Wildman–Crippen LogP) is 1.69. The Bertz CT molecular complexity index is 184. The Labute approximate surface area is 64.8 Å². The van der Waals surface area contributed by atoms with Crippen molar-refractivity contribution in [2.75, 3.05) is 0 Å². The van der Waals surface area contributed by atoms with E-state index in [0.717, 1.165) is 0 Å². The molecule has 10 heavy (non-hydrogen) atoms. The third-order valence-corrected chi connectivity index (χ3v) is 2.11. The van der Waals surface area contributed by atoms with Gasteiger partial charge in [0.25, 0.3) is 0 Å². The molecule has 1 aliphatic heterocycles. The van der Waals surface area contributed by atoms with Gasteiger partial charge in [-0.25, -0.2) is 4.79 Å². The van der Waals surface area contributed by atoms with E-state index in [1.807, 2.05) is 13.8 Å². The lowest BCUT2D eigenvalue weighted by atomic mass is 9.93. The summed E-state index contributed by atoms with van der Waals surface area (Å²) in [5, 5.41) is 0. The molecule has 0 N–H and O–H groups in total. The van der Waals surface area contributed by atoms with Crippen LogP contribution in [0.5, 0.6) is 0 Å². The fourth-order valence-corrected chi connectivity index (χ4v) is 0.812. The molecule has 1 atom stereocenters. The number of carbonyl (C=O) groups excluding carboxylic acids is 1. The maximum absolute atomic E-state index is 10.6. The van der Waals surface area contributed by atoms with Crippen molar-refractivity contribution in [1.82, 2.24) is 0 Å². The number of esters is 1. The Morgan fingerprint density at radius 2 is 2.30 bits per heavy atom. The van der Waals surface area contributed by atoms with Crippen molar-refractivity contribution in [3.8, 4) is 0 Å². The molecule has 0 saturated carbocycles. The maximum atomic E-state index is 10.6. The van der Waals surface area contributed by atoms with E-state index in [2.05, 4.69) is 0 Å². The van der Waals surface area contributed by atoms with Gasteiger partial charge in [0.1, 0.15) is 0 Å². The Morgan fingerprint density at radius 3 is 2.70 bits per heavy atom. The van der Waals surface area contributed by atoms with Gasteiger partial charge in [-0.15, -0.1) is 0 Å². The van der Waals surface area contributed by atoms with Crippen molar-refractivity contribution in [2.24, 2.45) is 5.41 Å². The first-order valence-corrected chi connectivity index (χ1v) is 3.50. The highest BCUT2D eigenvalue weighted by atomic mass is 35.5. The first-order chi connectivity index (χ1) is 4.52. The zero-order chi connectivity index (χ0) is 7.78. The number of hydrogen-bond donors (Lipinski definition) is 0. The molecule has 3 heteroatoms. The van der Waals surface area contributed by atoms with Crippen LogP contribution in [-0.4, -0.2) is 11.5 Å². The van der Waals surface area contributed by atoms with Crippen LogP contribution in [0.2, 0.25) is 0 Å². The molecule has 56 valence electrons. The summed E-state index contributed by atoms with van der Waals surface area (Å²) in [5.41, 5.74) is -0.778. The van der Waals surface area contributed by atoms with Crippen molar-refractivity contribution in [3.63, 3.8) is 0 Å². The van der Waals surface area contributed by atoms with Crippen LogP contribution < -0.4 is 0 Å². The molecule has 0 spiro atoms. The van der Waals surface area contributed by atoms with Gasteiger partial charge in [0, 0.05) is 11.5 Å². The topological polar surface area (TPSA) is 26.3 Å². The Morgan fingerprint density at radius 1 is 1.70 bits per heavy atom. The van der Waals surface area contributed by atoms with E-state index in [0.29, 0.717) is 0 Å². The largest absolute Gasteiger partial charge is 0.442 e. The second-order valence-electron chi connectivity index (χ2n) is 2.91. The van der Waals surface area contributed by atoms with Gasteiger partial charge < -0.3 is 4.74 Å². The summed E-state index contributed by atoms with van der Waals surface area (Å²) in [6, 6.07) is 0. The molecule has 1 rings (SSSR count). The monoisotopic (exact) mass is 160 g/mol. The second-order valence-corrected chi connectivity index (χ2v) is 3.30. The molecule has 0 aromatic carbocycles. The summed E-state index contributed by atoms with van der Waals surface area (Å²) in [4.78, 5) is 10.6. The van der Waals surface area contributed by atoms with Crippen molar-refractivity contribution in [3.05, 3.63) is 12.2 Å². The number of alkyl halides is 1. The average Bonchev–Trinajstić information content (AvgIpc) is 1.81. The quantitative estimate of drug-likeness (QED) is 0.398. The molecular formula is C7H9ClO2. The zero-order valence-electron chi connectivity index (χ0n) is 5.93. The third kappa shape index (κ3) is 1.32. The highest BCUT2D eigenvalue weighted by Gasteiger charge is 2.31. The van der Waals surface area contributed by atoms with Gasteiger partial charge in [-0.05, 0) is 0 Å². The molecule has 2 nitrogen and oxygen atoms in total. The minimum Gasteiger partial charge on any atom is -0.442 e. The Kier molecular flexibility index (Phi) is 1.73. The number of cyclic esters (lactones) is 1. The van der Waals surface area contributed by atoms with E-state index < -0.39 is 5.56 Å². The summed E-state index contributed by atoms with van der Waals surface area (Å²) in [5.74, 6) is -0.362. The minimum absolute atomic E-state index is 0.241. The average molecular weight is 161 g/mol. The molecule has 0 aliphatic carbocycles. The molecule has 0 saturated heterocycles. The number of ether oxygens (including phenoxy) is 1. The van der Waals surface area contributed by atoms with Gasteiger partial charge in [0.05, 0.1) is 0 Å². The first-order valence-electron chi connectivity index (χ1n) is 3.06. The van der Waals surface area contributed by atoms with Crippen LogP contribution >= 0.6 is 11.6 Å². The van der Waals surface area contributed by atoms with Crippen LogP contribution in [0.25, 0.3) is 0 Å². The second kappa shape index (κ2) is 2.27. The van der Waals surface area contributed by atoms with Crippen molar-refractivity contribution in [2.45, 2.75) is 19.4 Å². The van der Waals surface area contributed by atoms with E-state index in [1.54, 1.807) is 6.08 Å². The van der Waals surface area contributed by atoms with E-state index in [4.69, 9.17) is 16.3 Å². The first kappa shape index (κ1) is 7.61. The van der Waals surface area contributed by atoms with Crippen LogP contribution in [0.4, 0.5) is 0 Å². The Hall–Kier alpha value is -0.500. The van der Waals surface area contributed by atoms with Gasteiger partial charge in [0.2, 0.25) is 0 Å². The normalized spacial score (nSPS) is 29.9. The summed E-state index contributed by atoms with van der Waals surface area (Å²) >= 11 is 5.71. The number of rotatable bonds is 0. The van der Waals surface area contributed by atoms with Crippen LogP contribution in [0.15, 0.2) is 12.2 Å². The van der Waals surface area contributed by atoms with Gasteiger partial charge in [0.15, 0.2) is 5.56 Å². The third-order valence-electron chi connectivity index (χ3n) is 1.45. The molecule has 0 aromatic rings. The summed E-state index contributed by atoms with van der Waals surface area (Å²) in [6.45, 7) is 3.82. The molecule has 0 fully saturated rings. The van der Waals surface area contributed by atoms with Crippen LogP contribution in [0.3, 0.4) is 0 Å². The lowest BCUT2D eigenvalue weighted by molar-refractivity contribution is -0.144. The maximum Gasteiger partial charge on any atom is 0.331 e. The van der Waals surface area contributed by atoms with E-state index in [9.17, 15) is 4.79 Å². The molecule has 0 bridgehead atoms. The van der Waals surface area contributed by atoms with Gasteiger partial charge >= 0.3 is 5.97 Å². The van der Waals surface area contributed by atoms with Crippen LogP contribution in [0, 0.1) is 5.41 Å². The smallest absolute Gasteiger partial charge is 0.331 e. The van der Waals surface area contributed by atoms with Gasteiger partial charge in [-0.2, -0.15) is 0 Å². The highest BCUT2D eigenvalue weighted by Crippen LogP contribution is 2.30. The van der Waals surface area contributed by atoms with E-state index in [-0.39, 0.29) is 11.4 Å². The molecule has 0 aromatic heterocycles. The van der Waals surface area contributed by atoms with Crippen LogP contribution in [-0.2, 0) is 9.53 Å². The lowest BCUT2D eigenvalue weighted by Gasteiger charge is -2.28. The van der Waals surface area contributed by atoms with E-state index in [1.165, 1.54) is 6.08 Å². The fraction of sp³-hybridized carbons (Fsp3) is 0.571. The Balaban J connectivity index is 2.82. The number of halogens is 1. The molecule has 0 amide bonds. The lowest BCUT2D eigenvalue weighted by Crippen LogP contribution is -2.30. The van der Waals surface area contributed by atoms with Crippen LogP contribution in [0.1, 0.15) is 13.8 Å². The summed E-state index contributed by atoms with van der Waals surface area (Å²) in [7, 11) is 0. The summed E-state index contributed by atoms with van der Waals surface area (Å²) in [6.07, 6.45) is 3.16. The molecule has 1 unspecified atom stereocenters. The van der Waals surface area contributed by atoms with Crippen molar-refractivity contribution in [1.29, 1.82) is 0 Å². The van der Waals surface area contributed by atoms with Gasteiger partial charge in [-0.3, -0.25) is 0 Å².